The Bertz CT molecular complexity index is 487. The Kier molecular flexibility index (Phi) is 7.47. The first-order valence-corrected chi connectivity index (χ1v) is 8.24. The van der Waals surface area contributed by atoms with Gasteiger partial charge in [0.1, 0.15) is 0 Å². The highest BCUT2D eigenvalue weighted by Crippen LogP contribution is 2.08. The fourth-order valence-electron chi connectivity index (χ4n) is 2.63. The van der Waals surface area contributed by atoms with Gasteiger partial charge in [0.05, 0.1) is 0 Å². The van der Waals surface area contributed by atoms with Crippen molar-refractivity contribution in [1.82, 2.24) is 10.2 Å². The third-order valence-corrected chi connectivity index (χ3v) is 3.85. The van der Waals surface area contributed by atoms with Crippen LogP contribution >= 0.6 is 0 Å². The molecule has 2 rings (SSSR count). The van der Waals surface area contributed by atoms with Gasteiger partial charge < -0.3 is 10.2 Å². The number of hydrogen-bond donors (Lipinski definition) is 1. The summed E-state index contributed by atoms with van der Waals surface area (Å²) in [5.74, 6) is -0.0173. The van der Waals surface area contributed by atoms with Crippen LogP contribution in [0.5, 0.6) is 0 Å². The monoisotopic (exact) mass is 298 g/mol. The van der Waals surface area contributed by atoms with Gasteiger partial charge in [0.15, 0.2) is 0 Å². The summed E-state index contributed by atoms with van der Waals surface area (Å²) in [6.45, 7) is 4.29. The van der Waals surface area contributed by atoms with Gasteiger partial charge in [0, 0.05) is 12.6 Å². The standard InChI is InChI=1S/C19H26N2O/c22-19(13-6-5-12-18-10-3-1-4-11-18)20-14-9-17-21-15-7-2-8-16-21/h1,3-6,10-13H,2,7-9,14-17H2,(H,20,22)/b12-5+,13-6+. The van der Waals surface area contributed by atoms with E-state index in [2.05, 4.69) is 10.2 Å². The minimum Gasteiger partial charge on any atom is -0.353 e. The number of carbonyl (C=O) groups is 1. The number of nitrogens with one attached hydrogen (secondary N) is 1. The summed E-state index contributed by atoms with van der Waals surface area (Å²) in [5, 5.41) is 2.93. The molecule has 1 fully saturated rings. The lowest BCUT2D eigenvalue weighted by Crippen LogP contribution is -2.33. The molecule has 0 aliphatic carbocycles. The van der Waals surface area contributed by atoms with E-state index in [1.165, 1.54) is 32.4 Å². The molecule has 0 radical (unpaired) electrons. The maximum absolute atomic E-state index is 11.7. The molecular weight excluding hydrogens is 272 g/mol. The number of benzene rings is 1. The lowest BCUT2D eigenvalue weighted by atomic mass is 10.1. The number of allylic oxidation sites excluding steroid dienone is 2. The SMILES string of the molecule is O=C(/C=C/C=C/c1ccccc1)NCCCN1CCCCC1. The van der Waals surface area contributed by atoms with Crippen molar-refractivity contribution >= 4 is 12.0 Å². The predicted octanol–water partition coefficient (Wildman–Crippen LogP) is 3.25. The fourth-order valence-corrected chi connectivity index (χ4v) is 2.63. The van der Waals surface area contributed by atoms with Crippen LogP contribution in [0.4, 0.5) is 0 Å². The van der Waals surface area contributed by atoms with Gasteiger partial charge in [-0.05, 0) is 44.5 Å². The first-order chi connectivity index (χ1) is 10.8. The van der Waals surface area contributed by atoms with Gasteiger partial charge >= 0.3 is 0 Å². The molecule has 0 saturated carbocycles. The van der Waals surface area contributed by atoms with Crippen LogP contribution in [0.2, 0.25) is 0 Å². The zero-order chi connectivity index (χ0) is 15.5. The highest BCUT2D eigenvalue weighted by Gasteiger charge is 2.08. The van der Waals surface area contributed by atoms with E-state index in [4.69, 9.17) is 0 Å². The highest BCUT2D eigenvalue weighted by atomic mass is 16.1. The smallest absolute Gasteiger partial charge is 0.243 e. The van der Waals surface area contributed by atoms with Gasteiger partial charge in [-0.2, -0.15) is 0 Å². The molecule has 22 heavy (non-hydrogen) atoms. The summed E-state index contributed by atoms with van der Waals surface area (Å²) in [6, 6.07) is 10.1. The van der Waals surface area contributed by atoms with E-state index in [0.717, 1.165) is 25.1 Å². The third kappa shape index (κ3) is 6.72. The van der Waals surface area contributed by atoms with Crippen molar-refractivity contribution in [3.8, 4) is 0 Å². The van der Waals surface area contributed by atoms with E-state index in [-0.39, 0.29) is 5.91 Å². The minimum atomic E-state index is -0.0173. The number of amides is 1. The van der Waals surface area contributed by atoms with Crippen LogP contribution in [0.25, 0.3) is 6.08 Å². The van der Waals surface area contributed by atoms with Crippen molar-refractivity contribution < 1.29 is 4.79 Å². The van der Waals surface area contributed by atoms with Crippen LogP contribution in [0, 0.1) is 0 Å². The highest BCUT2D eigenvalue weighted by molar-refractivity contribution is 5.87. The molecule has 118 valence electrons. The second kappa shape index (κ2) is 9.96. The van der Waals surface area contributed by atoms with Crippen molar-refractivity contribution in [3.63, 3.8) is 0 Å². The van der Waals surface area contributed by atoms with Crippen LogP contribution in [0.15, 0.2) is 48.6 Å². The van der Waals surface area contributed by atoms with Gasteiger partial charge in [0.2, 0.25) is 5.91 Å². The van der Waals surface area contributed by atoms with E-state index >= 15 is 0 Å². The molecular formula is C19H26N2O. The molecule has 3 nitrogen and oxygen atoms in total. The van der Waals surface area contributed by atoms with Crippen molar-refractivity contribution in [2.24, 2.45) is 0 Å². The molecule has 3 heteroatoms. The van der Waals surface area contributed by atoms with Crippen molar-refractivity contribution in [1.29, 1.82) is 0 Å². The Morgan fingerprint density at radius 2 is 1.86 bits per heavy atom. The van der Waals surface area contributed by atoms with E-state index in [1.807, 2.05) is 42.5 Å². The lowest BCUT2D eigenvalue weighted by molar-refractivity contribution is -0.116. The van der Waals surface area contributed by atoms with E-state index < -0.39 is 0 Å². The zero-order valence-corrected chi connectivity index (χ0v) is 13.2. The van der Waals surface area contributed by atoms with Crippen molar-refractivity contribution in [2.75, 3.05) is 26.2 Å². The van der Waals surface area contributed by atoms with Crippen LogP contribution < -0.4 is 5.32 Å². The summed E-state index contributed by atoms with van der Waals surface area (Å²) >= 11 is 0. The molecule has 1 aliphatic rings. The van der Waals surface area contributed by atoms with E-state index in [9.17, 15) is 4.79 Å². The van der Waals surface area contributed by atoms with Crippen LogP contribution in [0.3, 0.4) is 0 Å². The largest absolute Gasteiger partial charge is 0.353 e. The normalized spacial score (nSPS) is 16.4. The summed E-state index contributed by atoms with van der Waals surface area (Å²) in [5.41, 5.74) is 1.13. The molecule has 1 heterocycles. The molecule has 1 amide bonds. The zero-order valence-electron chi connectivity index (χ0n) is 13.2. The summed E-state index contributed by atoms with van der Waals surface area (Å²) < 4.78 is 0. The van der Waals surface area contributed by atoms with Gasteiger partial charge in [0.25, 0.3) is 0 Å². The van der Waals surface area contributed by atoms with E-state index in [1.54, 1.807) is 12.2 Å². The van der Waals surface area contributed by atoms with Crippen molar-refractivity contribution in [3.05, 3.63) is 54.1 Å². The molecule has 1 aromatic rings. The summed E-state index contributed by atoms with van der Waals surface area (Å²) in [4.78, 5) is 14.2. The number of piperidine rings is 1. The Labute approximate surface area is 133 Å². The third-order valence-electron chi connectivity index (χ3n) is 3.85. The summed E-state index contributed by atoms with van der Waals surface area (Å²) in [7, 11) is 0. The molecule has 0 aromatic heterocycles. The van der Waals surface area contributed by atoms with Gasteiger partial charge in [-0.3, -0.25) is 4.79 Å². The average Bonchev–Trinajstić information content (AvgIpc) is 2.57. The van der Waals surface area contributed by atoms with Crippen LogP contribution in [0.1, 0.15) is 31.2 Å². The first-order valence-electron chi connectivity index (χ1n) is 8.24. The number of carbonyl (C=O) groups excluding carboxylic acids is 1. The maximum Gasteiger partial charge on any atom is 0.243 e. The molecule has 1 saturated heterocycles. The average molecular weight is 298 g/mol. The second-order valence-electron chi connectivity index (χ2n) is 5.68. The topological polar surface area (TPSA) is 32.3 Å². The van der Waals surface area contributed by atoms with Gasteiger partial charge in [-0.15, -0.1) is 0 Å². The molecule has 0 spiro atoms. The first kappa shape index (κ1) is 16.5. The Morgan fingerprint density at radius 1 is 1.09 bits per heavy atom. The number of likely N-dealkylation sites (tertiary alicyclic amines) is 1. The Morgan fingerprint density at radius 3 is 2.64 bits per heavy atom. The lowest BCUT2D eigenvalue weighted by Gasteiger charge is -2.26. The Hall–Kier alpha value is -1.87. The molecule has 0 atom stereocenters. The molecule has 1 aromatic carbocycles. The Balaban J connectivity index is 1.57. The van der Waals surface area contributed by atoms with Gasteiger partial charge in [-0.1, -0.05) is 55.0 Å². The van der Waals surface area contributed by atoms with E-state index in [0.29, 0.717) is 0 Å². The summed E-state index contributed by atoms with van der Waals surface area (Å²) in [6.07, 6.45) is 12.3. The fraction of sp³-hybridized carbons (Fsp3) is 0.421. The van der Waals surface area contributed by atoms with Crippen LogP contribution in [-0.4, -0.2) is 37.0 Å². The number of rotatable bonds is 7. The minimum absolute atomic E-state index is 0.0173. The van der Waals surface area contributed by atoms with Crippen molar-refractivity contribution in [2.45, 2.75) is 25.7 Å². The molecule has 0 unspecified atom stereocenters. The number of hydrogen-bond acceptors (Lipinski definition) is 2. The molecule has 1 aliphatic heterocycles. The van der Waals surface area contributed by atoms with Crippen LogP contribution in [-0.2, 0) is 4.79 Å². The number of nitrogens with zero attached hydrogens (tertiary/aromatic N) is 1. The second-order valence-corrected chi connectivity index (χ2v) is 5.68. The molecule has 0 bridgehead atoms. The quantitative estimate of drug-likeness (QED) is 0.476. The van der Waals surface area contributed by atoms with Gasteiger partial charge in [-0.25, -0.2) is 0 Å². The maximum atomic E-state index is 11.7. The molecule has 1 N–H and O–H groups in total. The predicted molar refractivity (Wildman–Crippen MR) is 92.5 cm³/mol.